The number of nitrogens with zero attached hydrogens (tertiary/aromatic N) is 1. The highest BCUT2D eigenvalue weighted by atomic mass is 16.5. The maximum atomic E-state index is 12.8. The molecule has 1 heterocycles. The SMILES string of the molecule is CCC1(C)CN(C(=O)Cc2cccc3ccc(OC)cc23)CCO1. The van der Waals surface area contributed by atoms with Crippen molar-refractivity contribution < 1.29 is 14.3 Å². The number of rotatable bonds is 4. The standard InChI is InChI=1S/C20H25NO3/c1-4-20(2)14-21(10-11-24-20)19(22)12-16-7-5-6-15-8-9-17(23-3)13-18(15)16/h5-9,13H,4,10-12,14H2,1-3H3. The van der Waals surface area contributed by atoms with Gasteiger partial charge in [-0.15, -0.1) is 0 Å². The smallest absolute Gasteiger partial charge is 0.227 e. The Balaban J connectivity index is 1.83. The summed E-state index contributed by atoms with van der Waals surface area (Å²) in [7, 11) is 1.66. The van der Waals surface area contributed by atoms with Gasteiger partial charge in [-0.05, 0) is 41.8 Å². The zero-order chi connectivity index (χ0) is 17.2. The van der Waals surface area contributed by atoms with Crippen molar-refractivity contribution >= 4 is 16.7 Å². The van der Waals surface area contributed by atoms with Crippen molar-refractivity contribution in [2.45, 2.75) is 32.3 Å². The van der Waals surface area contributed by atoms with Crippen LogP contribution in [0.3, 0.4) is 0 Å². The largest absolute Gasteiger partial charge is 0.497 e. The third kappa shape index (κ3) is 3.39. The van der Waals surface area contributed by atoms with Crippen molar-refractivity contribution in [2.75, 3.05) is 26.8 Å². The predicted octanol–water partition coefficient (Wildman–Crippen LogP) is 3.42. The molecular formula is C20H25NO3. The molecule has 0 saturated carbocycles. The minimum absolute atomic E-state index is 0.160. The van der Waals surface area contributed by atoms with Crippen molar-refractivity contribution in [2.24, 2.45) is 0 Å². The van der Waals surface area contributed by atoms with E-state index in [0.717, 1.165) is 28.5 Å². The molecule has 1 atom stereocenters. The summed E-state index contributed by atoms with van der Waals surface area (Å²) in [5.41, 5.74) is 0.816. The van der Waals surface area contributed by atoms with Crippen LogP contribution in [-0.4, -0.2) is 43.2 Å². The summed E-state index contributed by atoms with van der Waals surface area (Å²) in [6, 6.07) is 12.1. The molecule has 0 aromatic heterocycles. The van der Waals surface area contributed by atoms with Crippen molar-refractivity contribution in [3.63, 3.8) is 0 Å². The number of amides is 1. The molecule has 1 saturated heterocycles. The normalized spacial score (nSPS) is 21.0. The molecule has 2 aromatic carbocycles. The molecular weight excluding hydrogens is 302 g/mol. The number of methoxy groups -OCH3 is 1. The molecule has 128 valence electrons. The van der Waals surface area contributed by atoms with Crippen molar-refractivity contribution in [3.8, 4) is 5.75 Å². The number of ether oxygens (including phenoxy) is 2. The summed E-state index contributed by atoms with van der Waals surface area (Å²) in [6.45, 7) is 6.12. The molecule has 24 heavy (non-hydrogen) atoms. The van der Waals surface area contributed by atoms with Crippen LogP contribution in [0.15, 0.2) is 36.4 Å². The quantitative estimate of drug-likeness (QED) is 0.864. The van der Waals surface area contributed by atoms with E-state index >= 15 is 0 Å². The second kappa shape index (κ2) is 6.81. The van der Waals surface area contributed by atoms with Crippen LogP contribution >= 0.6 is 0 Å². The van der Waals surface area contributed by atoms with Gasteiger partial charge in [-0.25, -0.2) is 0 Å². The fourth-order valence-electron chi connectivity index (χ4n) is 3.23. The van der Waals surface area contributed by atoms with E-state index in [-0.39, 0.29) is 11.5 Å². The minimum atomic E-state index is -0.226. The van der Waals surface area contributed by atoms with Crippen LogP contribution in [-0.2, 0) is 16.0 Å². The zero-order valence-electron chi connectivity index (χ0n) is 14.7. The number of hydrogen-bond acceptors (Lipinski definition) is 3. The Morgan fingerprint density at radius 3 is 2.92 bits per heavy atom. The lowest BCUT2D eigenvalue weighted by Crippen LogP contribution is -2.52. The Kier molecular flexibility index (Phi) is 4.76. The minimum Gasteiger partial charge on any atom is -0.497 e. The van der Waals surface area contributed by atoms with E-state index in [0.29, 0.717) is 26.1 Å². The Hall–Kier alpha value is -2.07. The summed E-state index contributed by atoms with van der Waals surface area (Å²) in [6.07, 6.45) is 1.31. The van der Waals surface area contributed by atoms with Crippen molar-refractivity contribution in [1.29, 1.82) is 0 Å². The fraction of sp³-hybridized carbons (Fsp3) is 0.450. The van der Waals surface area contributed by atoms with Gasteiger partial charge in [0.2, 0.25) is 5.91 Å². The highest BCUT2D eigenvalue weighted by Crippen LogP contribution is 2.26. The molecule has 1 aliphatic heterocycles. The number of fused-ring (bicyclic) bond motifs is 1. The van der Waals surface area contributed by atoms with Crippen LogP contribution in [0.4, 0.5) is 0 Å². The Morgan fingerprint density at radius 1 is 1.33 bits per heavy atom. The summed E-state index contributed by atoms with van der Waals surface area (Å²) < 4.78 is 11.2. The molecule has 0 N–H and O–H groups in total. The van der Waals surface area contributed by atoms with Gasteiger partial charge in [0.25, 0.3) is 0 Å². The first kappa shape index (κ1) is 16.8. The zero-order valence-corrected chi connectivity index (χ0v) is 14.7. The van der Waals surface area contributed by atoms with Gasteiger partial charge in [-0.1, -0.05) is 31.2 Å². The number of carbonyl (C=O) groups excluding carboxylic acids is 1. The molecule has 0 spiro atoms. The van der Waals surface area contributed by atoms with Gasteiger partial charge >= 0.3 is 0 Å². The third-order valence-corrected chi connectivity index (χ3v) is 4.96. The second-order valence-corrected chi connectivity index (χ2v) is 6.65. The van der Waals surface area contributed by atoms with E-state index in [4.69, 9.17) is 9.47 Å². The van der Waals surface area contributed by atoms with E-state index in [9.17, 15) is 4.79 Å². The summed E-state index contributed by atoms with van der Waals surface area (Å²) >= 11 is 0. The molecule has 3 rings (SSSR count). The molecule has 0 radical (unpaired) electrons. The average Bonchev–Trinajstić information content (AvgIpc) is 2.61. The van der Waals surface area contributed by atoms with E-state index < -0.39 is 0 Å². The Bertz CT molecular complexity index is 743. The van der Waals surface area contributed by atoms with Crippen molar-refractivity contribution in [3.05, 3.63) is 42.0 Å². The molecule has 0 bridgehead atoms. The van der Waals surface area contributed by atoms with Gasteiger partial charge in [0.1, 0.15) is 5.75 Å². The Labute approximate surface area is 143 Å². The second-order valence-electron chi connectivity index (χ2n) is 6.65. The molecule has 0 aliphatic carbocycles. The van der Waals surface area contributed by atoms with Gasteiger partial charge in [0.05, 0.1) is 25.7 Å². The molecule has 4 nitrogen and oxygen atoms in total. The van der Waals surface area contributed by atoms with Crippen LogP contribution < -0.4 is 4.74 Å². The number of morpholine rings is 1. The monoisotopic (exact) mass is 327 g/mol. The number of carbonyl (C=O) groups is 1. The van der Waals surface area contributed by atoms with Gasteiger partial charge in [-0.2, -0.15) is 0 Å². The molecule has 1 unspecified atom stereocenters. The van der Waals surface area contributed by atoms with Crippen LogP contribution in [0.5, 0.6) is 5.75 Å². The van der Waals surface area contributed by atoms with Crippen LogP contribution in [0.2, 0.25) is 0 Å². The highest BCUT2D eigenvalue weighted by molar-refractivity contribution is 5.91. The van der Waals surface area contributed by atoms with E-state index in [1.165, 1.54) is 0 Å². The molecule has 1 fully saturated rings. The maximum absolute atomic E-state index is 12.8. The maximum Gasteiger partial charge on any atom is 0.227 e. The fourth-order valence-corrected chi connectivity index (χ4v) is 3.23. The van der Waals surface area contributed by atoms with E-state index in [1.54, 1.807) is 7.11 Å². The van der Waals surface area contributed by atoms with Gasteiger partial charge in [-0.3, -0.25) is 4.79 Å². The van der Waals surface area contributed by atoms with Gasteiger partial charge < -0.3 is 14.4 Å². The lowest BCUT2D eigenvalue weighted by molar-refractivity contribution is -0.147. The van der Waals surface area contributed by atoms with E-state index in [1.807, 2.05) is 35.2 Å². The topological polar surface area (TPSA) is 38.8 Å². The first-order valence-electron chi connectivity index (χ1n) is 8.52. The van der Waals surface area contributed by atoms with Gasteiger partial charge in [0, 0.05) is 13.1 Å². The lowest BCUT2D eigenvalue weighted by atomic mass is 9.99. The highest BCUT2D eigenvalue weighted by Gasteiger charge is 2.32. The predicted molar refractivity (Wildman–Crippen MR) is 95.4 cm³/mol. The molecule has 4 heteroatoms. The molecule has 1 amide bonds. The number of benzene rings is 2. The van der Waals surface area contributed by atoms with Crippen LogP contribution in [0, 0.1) is 0 Å². The van der Waals surface area contributed by atoms with Crippen molar-refractivity contribution in [1.82, 2.24) is 4.90 Å². The van der Waals surface area contributed by atoms with Gasteiger partial charge in [0.15, 0.2) is 0 Å². The summed E-state index contributed by atoms with van der Waals surface area (Å²) in [5, 5.41) is 2.21. The molecule has 1 aliphatic rings. The summed E-state index contributed by atoms with van der Waals surface area (Å²) in [5.74, 6) is 0.973. The number of hydrogen-bond donors (Lipinski definition) is 0. The first-order chi connectivity index (χ1) is 11.5. The lowest BCUT2D eigenvalue weighted by Gasteiger charge is -2.40. The first-order valence-corrected chi connectivity index (χ1v) is 8.52. The molecule has 2 aromatic rings. The van der Waals surface area contributed by atoms with Crippen LogP contribution in [0.1, 0.15) is 25.8 Å². The van der Waals surface area contributed by atoms with Crippen LogP contribution in [0.25, 0.3) is 10.8 Å². The average molecular weight is 327 g/mol. The summed E-state index contributed by atoms with van der Waals surface area (Å²) in [4.78, 5) is 14.7. The Morgan fingerprint density at radius 2 is 2.17 bits per heavy atom. The third-order valence-electron chi connectivity index (χ3n) is 4.96. The van der Waals surface area contributed by atoms with E-state index in [2.05, 4.69) is 19.9 Å².